The predicted molar refractivity (Wildman–Crippen MR) is 64.2 cm³/mol. The lowest BCUT2D eigenvalue weighted by molar-refractivity contribution is 0.0992. The fourth-order valence-electron chi connectivity index (χ4n) is 1.35. The quantitative estimate of drug-likeness (QED) is 0.810. The van der Waals surface area contributed by atoms with Crippen LogP contribution in [0.1, 0.15) is 15.9 Å². The zero-order valence-electron chi connectivity index (χ0n) is 8.43. The molecular formula is C12H9BrN2O. The summed E-state index contributed by atoms with van der Waals surface area (Å²) in [5.41, 5.74) is 1.59. The van der Waals surface area contributed by atoms with E-state index in [0.29, 0.717) is 12.0 Å². The normalized spacial score (nSPS) is 10.1. The van der Waals surface area contributed by atoms with Crippen molar-refractivity contribution in [1.82, 2.24) is 10.2 Å². The summed E-state index contributed by atoms with van der Waals surface area (Å²) in [5, 5.41) is 7.32. The molecule has 2 rings (SSSR count). The zero-order valence-corrected chi connectivity index (χ0v) is 10.0. The van der Waals surface area contributed by atoms with Gasteiger partial charge in [-0.25, -0.2) is 0 Å². The number of halogens is 1. The largest absolute Gasteiger partial charge is 0.294 e. The molecule has 0 aliphatic carbocycles. The molecule has 80 valence electrons. The van der Waals surface area contributed by atoms with Gasteiger partial charge < -0.3 is 0 Å². The Morgan fingerprint density at radius 2 is 1.88 bits per heavy atom. The molecule has 4 heteroatoms. The van der Waals surface area contributed by atoms with Crippen LogP contribution in [0.3, 0.4) is 0 Å². The fourth-order valence-corrected chi connectivity index (χ4v) is 1.61. The Balaban J connectivity index is 2.11. The lowest BCUT2D eigenvalue weighted by Crippen LogP contribution is -2.04. The standard InChI is InChI=1S/C12H9BrN2O/c13-11-3-1-9(2-4-11)7-12(16)10-5-6-14-15-8-10/h1-6,8H,7H2. The van der Waals surface area contributed by atoms with Crippen LogP contribution < -0.4 is 0 Å². The summed E-state index contributed by atoms with van der Waals surface area (Å²) < 4.78 is 1.01. The van der Waals surface area contributed by atoms with Crippen LogP contribution in [-0.4, -0.2) is 16.0 Å². The fraction of sp³-hybridized carbons (Fsp3) is 0.0833. The van der Waals surface area contributed by atoms with Gasteiger partial charge in [0, 0.05) is 16.5 Å². The smallest absolute Gasteiger partial charge is 0.168 e. The highest BCUT2D eigenvalue weighted by atomic mass is 79.9. The van der Waals surface area contributed by atoms with Crippen LogP contribution in [-0.2, 0) is 6.42 Å². The van der Waals surface area contributed by atoms with Crippen LogP contribution in [0.15, 0.2) is 47.2 Å². The maximum Gasteiger partial charge on any atom is 0.168 e. The molecule has 0 N–H and O–H groups in total. The van der Waals surface area contributed by atoms with Crippen LogP contribution in [0.2, 0.25) is 0 Å². The van der Waals surface area contributed by atoms with Crippen LogP contribution in [0.25, 0.3) is 0 Å². The Morgan fingerprint density at radius 3 is 2.50 bits per heavy atom. The predicted octanol–water partition coefficient (Wildman–Crippen LogP) is 2.66. The van der Waals surface area contributed by atoms with E-state index in [1.165, 1.54) is 12.4 Å². The molecule has 0 fully saturated rings. The van der Waals surface area contributed by atoms with Crippen molar-refractivity contribution in [1.29, 1.82) is 0 Å². The minimum atomic E-state index is 0.0530. The van der Waals surface area contributed by atoms with E-state index in [0.717, 1.165) is 10.0 Å². The van der Waals surface area contributed by atoms with Gasteiger partial charge in [0.05, 0.1) is 12.4 Å². The summed E-state index contributed by atoms with van der Waals surface area (Å²) in [4.78, 5) is 11.8. The van der Waals surface area contributed by atoms with E-state index in [-0.39, 0.29) is 5.78 Å². The summed E-state index contributed by atoms with van der Waals surface area (Å²) in [6, 6.07) is 9.38. The van der Waals surface area contributed by atoms with Crippen LogP contribution >= 0.6 is 15.9 Å². The number of hydrogen-bond acceptors (Lipinski definition) is 3. The monoisotopic (exact) mass is 276 g/mol. The van der Waals surface area contributed by atoms with E-state index in [4.69, 9.17) is 0 Å². The maximum atomic E-state index is 11.8. The molecule has 0 saturated carbocycles. The van der Waals surface area contributed by atoms with Crippen LogP contribution in [0.4, 0.5) is 0 Å². The highest BCUT2D eigenvalue weighted by Crippen LogP contribution is 2.12. The number of ketones is 1. The molecule has 1 aromatic heterocycles. The minimum absolute atomic E-state index is 0.0530. The summed E-state index contributed by atoms with van der Waals surface area (Å²) in [7, 11) is 0. The molecular weight excluding hydrogens is 268 g/mol. The molecule has 0 aliphatic heterocycles. The van der Waals surface area contributed by atoms with Crippen molar-refractivity contribution < 1.29 is 4.79 Å². The number of rotatable bonds is 3. The van der Waals surface area contributed by atoms with Gasteiger partial charge in [0.25, 0.3) is 0 Å². The highest BCUT2D eigenvalue weighted by Gasteiger charge is 2.06. The Bertz CT molecular complexity index is 482. The lowest BCUT2D eigenvalue weighted by Gasteiger charge is -2.00. The van der Waals surface area contributed by atoms with E-state index in [1.807, 2.05) is 24.3 Å². The summed E-state index contributed by atoms with van der Waals surface area (Å²) in [6.45, 7) is 0. The van der Waals surface area contributed by atoms with Gasteiger partial charge in [-0.3, -0.25) is 4.79 Å². The summed E-state index contributed by atoms with van der Waals surface area (Å²) >= 11 is 3.35. The zero-order chi connectivity index (χ0) is 11.4. The third-order valence-electron chi connectivity index (χ3n) is 2.18. The van der Waals surface area contributed by atoms with Gasteiger partial charge in [-0.05, 0) is 23.8 Å². The molecule has 0 aliphatic rings. The van der Waals surface area contributed by atoms with Gasteiger partial charge in [0.2, 0.25) is 0 Å². The van der Waals surface area contributed by atoms with Crippen LogP contribution in [0, 0.1) is 0 Å². The topological polar surface area (TPSA) is 42.9 Å². The van der Waals surface area contributed by atoms with E-state index < -0.39 is 0 Å². The van der Waals surface area contributed by atoms with E-state index in [2.05, 4.69) is 26.1 Å². The first kappa shape index (κ1) is 11.0. The first-order valence-corrected chi connectivity index (χ1v) is 5.59. The lowest BCUT2D eigenvalue weighted by atomic mass is 10.1. The van der Waals surface area contributed by atoms with Crippen molar-refractivity contribution >= 4 is 21.7 Å². The number of Topliss-reactive ketones (excluding diaryl/α,β-unsaturated/α-hetero) is 1. The molecule has 1 aromatic carbocycles. The van der Waals surface area contributed by atoms with Gasteiger partial charge in [-0.15, -0.1) is 0 Å². The molecule has 0 radical (unpaired) electrons. The van der Waals surface area contributed by atoms with E-state index >= 15 is 0 Å². The molecule has 0 bridgehead atoms. The van der Waals surface area contributed by atoms with E-state index in [1.54, 1.807) is 6.07 Å². The summed E-state index contributed by atoms with van der Waals surface area (Å²) in [5.74, 6) is 0.0530. The molecule has 16 heavy (non-hydrogen) atoms. The highest BCUT2D eigenvalue weighted by molar-refractivity contribution is 9.10. The first-order valence-electron chi connectivity index (χ1n) is 4.80. The molecule has 1 heterocycles. The Morgan fingerprint density at radius 1 is 1.12 bits per heavy atom. The molecule has 3 nitrogen and oxygen atoms in total. The minimum Gasteiger partial charge on any atom is -0.294 e. The summed E-state index contributed by atoms with van der Waals surface area (Å²) in [6.07, 6.45) is 3.40. The number of nitrogens with zero attached hydrogens (tertiary/aromatic N) is 2. The molecule has 2 aromatic rings. The third kappa shape index (κ3) is 2.73. The number of carbonyl (C=O) groups is 1. The molecule has 0 atom stereocenters. The number of hydrogen-bond donors (Lipinski definition) is 0. The molecule has 0 unspecified atom stereocenters. The SMILES string of the molecule is O=C(Cc1ccc(Br)cc1)c1ccnnc1. The second-order valence-electron chi connectivity index (χ2n) is 3.36. The van der Waals surface area contributed by atoms with Crippen molar-refractivity contribution in [2.24, 2.45) is 0 Å². The van der Waals surface area contributed by atoms with Crippen molar-refractivity contribution in [3.05, 3.63) is 58.3 Å². The average molecular weight is 277 g/mol. The van der Waals surface area contributed by atoms with Gasteiger partial charge in [-0.1, -0.05) is 28.1 Å². The molecule has 0 spiro atoms. The number of carbonyl (C=O) groups excluding carboxylic acids is 1. The third-order valence-corrected chi connectivity index (χ3v) is 2.71. The van der Waals surface area contributed by atoms with Crippen molar-refractivity contribution in [2.75, 3.05) is 0 Å². The van der Waals surface area contributed by atoms with Crippen molar-refractivity contribution in [2.45, 2.75) is 6.42 Å². The second kappa shape index (κ2) is 4.99. The Labute approximate surface area is 102 Å². The Hall–Kier alpha value is -1.55. The van der Waals surface area contributed by atoms with Crippen molar-refractivity contribution in [3.8, 4) is 0 Å². The first-order chi connectivity index (χ1) is 7.75. The van der Waals surface area contributed by atoms with Crippen LogP contribution in [0.5, 0.6) is 0 Å². The Kier molecular flexibility index (Phi) is 3.41. The average Bonchev–Trinajstić information content (AvgIpc) is 2.33. The number of aromatic nitrogens is 2. The second-order valence-corrected chi connectivity index (χ2v) is 4.27. The van der Waals surface area contributed by atoms with Gasteiger partial charge in [0.1, 0.15) is 0 Å². The van der Waals surface area contributed by atoms with E-state index in [9.17, 15) is 4.79 Å². The van der Waals surface area contributed by atoms with Gasteiger partial charge in [0.15, 0.2) is 5.78 Å². The number of benzene rings is 1. The van der Waals surface area contributed by atoms with Gasteiger partial charge in [-0.2, -0.15) is 10.2 Å². The molecule has 0 amide bonds. The van der Waals surface area contributed by atoms with Crippen molar-refractivity contribution in [3.63, 3.8) is 0 Å². The maximum absolute atomic E-state index is 11.8. The van der Waals surface area contributed by atoms with Gasteiger partial charge >= 0.3 is 0 Å². The molecule has 0 saturated heterocycles.